The first kappa shape index (κ1) is 14.2. The van der Waals surface area contributed by atoms with E-state index >= 15 is 0 Å². The minimum absolute atomic E-state index is 0.0422. The number of hydrogen-bond acceptors (Lipinski definition) is 4. The molecule has 1 amide bonds. The Hall–Kier alpha value is -1.17. The van der Waals surface area contributed by atoms with Gasteiger partial charge in [-0.25, -0.2) is 0 Å². The largest absolute Gasteiger partial charge is 0.395 e. The fourth-order valence-corrected chi connectivity index (χ4v) is 3.45. The van der Waals surface area contributed by atoms with Crippen molar-refractivity contribution in [2.24, 2.45) is 0 Å². The van der Waals surface area contributed by atoms with E-state index in [9.17, 15) is 4.79 Å². The van der Waals surface area contributed by atoms with Crippen LogP contribution in [-0.2, 0) is 0 Å². The first-order valence-electron chi connectivity index (χ1n) is 6.79. The first-order chi connectivity index (χ1) is 9.04. The topological polar surface area (TPSA) is 75.0 Å². The van der Waals surface area contributed by atoms with E-state index in [0.717, 1.165) is 31.0 Å². The van der Waals surface area contributed by atoms with Crippen LogP contribution >= 0.6 is 11.8 Å². The number of carbonyl (C=O) groups excluding carboxylic acids is 1. The second-order valence-electron chi connectivity index (χ2n) is 5.21. The van der Waals surface area contributed by atoms with Crippen LogP contribution in [0.4, 0.5) is 5.69 Å². The normalized spacial score (nSPS) is 20.0. The lowest BCUT2D eigenvalue weighted by Crippen LogP contribution is -2.42. The van der Waals surface area contributed by atoms with Gasteiger partial charge in [-0.15, -0.1) is 0 Å². The number of amides is 1. The number of anilines is 1. The van der Waals surface area contributed by atoms with Crippen molar-refractivity contribution in [2.45, 2.75) is 38.4 Å². The number of H-pyrrole nitrogens is 1. The molecule has 0 spiro atoms. The van der Waals surface area contributed by atoms with Crippen molar-refractivity contribution in [2.75, 3.05) is 24.6 Å². The molecule has 5 nitrogen and oxygen atoms in total. The van der Waals surface area contributed by atoms with Gasteiger partial charge in [0.25, 0.3) is 5.91 Å². The van der Waals surface area contributed by atoms with Crippen LogP contribution in [0.15, 0.2) is 0 Å². The van der Waals surface area contributed by atoms with Gasteiger partial charge in [-0.1, -0.05) is 20.8 Å². The maximum absolute atomic E-state index is 12.5. The molecule has 1 saturated heterocycles. The average Bonchev–Trinajstić information content (AvgIpc) is 2.80. The number of nitrogen functional groups attached to an aromatic ring is 1. The fourth-order valence-electron chi connectivity index (χ4n) is 2.27. The lowest BCUT2D eigenvalue weighted by atomic mass is 10.1. The minimum atomic E-state index is -0.0422. The van der Waals surface area contributed by atoms with Gasteiger partial charge in [-0.3, -0.25) is 9.89 Å². The van der Waals surface area contributed by atoms with Crippen molar-refractivity contribution in [3.8, 4) is 0 Å². The molecule has 0 saturated carbocycles. The predicted octanol–water partition coefficient (Wildman–Crippen LogP) is 2.08. The summed E-state index contributed by atoms with van der Waals surface area (Å²) in [5.74, 6) is 1.19. The Labute approximate surface area is 118 Å². The molecule has 3 N–H and O–H groups in total. The molecular weight excluding hydrogens is 260 g/mol. The van der Waals surface area contributed by atoms with Crippen LogP contribution in [0.5, 0.6) is 0 Å². The number of aromatic nitrogens is 2. The minimum Gasteiger partial charge on any atom is -0.395 e. The smallest absolute Gasteiger partial charge is 0.276 e. The maximum Gasteiger partial charge on any atom is 0.276 e. The third-order valence-corrected chi connectivity index (χ3v) is 4.87. The van der Waals surface area contributed by atoms with Crippen LogP contribution in [0.3, 0.4) is 0 Å². The summed E-state index contributed by atoms with van der Waals surface area (Å²) in [4.78, 5) is 14.3. The Bertz CT molecular complexity index is 457. The standard InChI is InChI=1S/C13H22N4OS/c1-4-9-7-17(5-6-19-9)13(18)12-10(14)11(8(2)3)15-16-12/h8-9H,4-7,14H2,1-3H3,(H,15,16). The second-order valence-corrected chi connectivity index (χ2v) is 6.61. The monoisotopic (exact) mass is 282 g/mol. The summed E-state index contributed by atoms with van der Waals surface area (Å²) in [5, 5.41) is 7.54. The number of rotatable bonds is 3. The summed E-state index contributed by atoms with van der Waals surface area (Å²) in [7, 11) is 0. The molecule has 1 aromatic rings. The lowest BCUT2D eigenvalue weighted by molar-refractivity contribution is 0.0756. The molecule has 1 fully saturated rings. The summed E-state index contributed by atoms with van der Waals surface area (Å²) in [5.41, 5.74) is 7.77. The molecule has 2 heterocycles. The van der Waals surface area contributed by atoms with Crippen LogP contribution in [0, 0.1) is 0 Å². The quantitative estimate of drug-likeness (QED) is 0.890. The zero-order valence-electron chi connectivity index (χ0n) is 11.8. The predicted molar refractivity (Wildman–Crippen MR) is 79.5 cm³/mol. The molecule has 0 radical (unpaired) electrons. The zero-order chi connectivity index (χ0) is 14.0. The average molecular weight is 282 g/mol. The third kappa shape index (κ3) is 2.88. The van der Waals surface area contributed by atoms with Gasteiger partial charge in [0.15, 0.2) is 5.69 Å². The molecule has 1 aliphatic rings. The Morgan fingerprint density at radius 3 is 2.95 bits per heavy atom. The van der Waals surface area contributed by atoms with Crippen LogP contribution in [0.2, 0.25) is 0 Å². The Balaban J connectivity index is 2.15. The van der Waals surface area contributed by atoms with E-state index in [4.69, 9.17) is 5.73 Å². The van der Waals surface area contributed by atoms with Gasteiger partial charge in [0.2, 0.25) is 0 Å². The molecule has 6 heteroatoms. The van der Waals surface area contributed by atoms with Gasteiger partial charge in [0.05, 0.1) is 11.4 Å². The third-order valence-electron chi connectivity index (χ3n) is 3.49. The lowest BCUT2D eigenvalue weighted by Gasteiger charge is -2.31. The van der Waals surface area contributed by atoms with Gasteiger partial charge >= 0.3 is 0 Å². The SMILES string of the molecule is CCC1CN(C(=O)c2n[nH]c(C(C)C)c2N)CCS1. The van der Waals surface area contributed by atoms with Crippen LogP contribution in [-0.4, -0.2) is 45.1 Å². The molecule has 1 aromatic heterocycles. The van der Waals surface area contributed by atoms with E-state index in [-0.39, 0.29) is 11.8 Å². The molecule has 1 atom stereocenters. The van der Waals surface area contributed by atoms with E-state index < -0.39 is 0 Å². The van der Waals surface area contributed by atoms with Crippen LogP contribution in [0.1, 0.15) is 49.3 Å². The molecule has 1 unspecified atom stereocenters. The Morgan fingerprint density at radius 1 is 1.63 bits per heavy atom. The van der Waals surface area contributed by atoms with E-state index in [2.05, 4.69) is 17.1 Å². The van der Waals surface area contributed by atoms with Crippen molar-refractivity contribution in [1.82, 2.24) is 15.1 Å². The second kappa shape index (κ2) is 5.86. The van der Waals surface area contributed by atoms with Crippen molar-refractivity contribution in [1.29, 1.82) is 0 Å². The maximum atomic E-state index is 12.5. The van der Waals surface area contributed by atoms with E-state index in [1.165, 1.54) is 0 Å². The number of nitrogens with one attached hydrogen (secondary N) is 1. The molecule has 106 valence electrons. The molecule has 1 aliphatic heterocycles. The molecule has 0 aromatic carbocycles. The molecule has 0 bridgehead atoms. The van der Waals surface area contributed by atoms with E-state index in [0.29, 0.717) is 16.6 Å². The number of aromatic amines is 1. The highest BCUT2D eigenvalue weighted by atomic mass is 32.2. The summed E-state index contributed by atoms with van der Waals surface area (Å²) in [6.07, 6.45) is 1.09. The number of hydrogen-bond donors (Lipinski definition) is 2. The van der Waals surface area contributed by atoms with Crippen molar-refractivity contribution >= 4 is 23.4 Å². The first-order valence-corrected chi connectivity index (χ1v) is 7.84. The highest BCUT2D eigenvalue weighted by molar-refractivity contribution is 8.00. The van der Waals surface area contributed by atoms with Crippen molar-refractivity contribution < 1.29 is 4.79 Å². The van der Waals surface area contributed by atoms with Crippen molar-refractivity contribution in [3.63, 3.8) is 0 Å². The summed E-state index contributed by atoms with van der Waals surface area (Å²) in [6.45, 7) is 7.80. The Morgan fingerprint density at radius 2 is 2.37 bits per heavy atom. The van der Waals surface area contributed by atoms with E-state index in [1.54, 1.807) is 0 Å². The van der Waals surface area contributed by atoms with Crippen molar-refractivity contribution in [3.05, 3.63) is 11.4 Å². The van der Waals surface area contributed by atoms with E-state index in [1.807, 2.05) is 30.5 Å². The Kier molecular flexibility index (Phi) is 4.39. The number of thioether (sulfide) groups is 1. The van der Waals surface area contributed by atoms with Crippen LogP contribution in [0.25, 0.3) is 0 Å². The van der Waals surface area contributed by atoms with Gasteiger partial charge in [0.1, 0.15) is 0 Å². The molecule has 19 heavy (non-hydrogen) atoms. The van der Waals surface area contributed by atoms with Gasteiger partial charge in [0, 0.05) is 24.1 Å². The van der Waals surface area contributed by atoms with Gasteiger partial charge < -0.3 is 10.6 Å². The summed E-state index contributed by atoms with van der Waals surface area (Å²) in [6, 6.07) is 0. The molecule has 2 rings (SSSR count). The van der Waals surface area contributed by atoms with Crippen LogP contribution < -0.4 is 5.73 Å². The highest BCUT2D eigenvalue weighted by Crippen LogP contribution is 2.26. The zero-order valence-corrected chi connectivity index (χ0v) is 12.6. The molecule has 0 aliphatic carbocycles. The summed E-state index contributed by atoms with van der Waals surface area (Å²) >= 11 is 1.94. The molecular formula is C13H22N4OS. The number of nitrogens with zero attached hydrogens (tertiary/aromatic N) is 2. The summed E-state index contributed by atoms with van der Waals surface area (Å²) < 4.78 is 0. The van der Waals surface area contributed by atoms with Gasteiger partial charge in [-0.2, -0.15) is 16.9 Å². The highest BCUT2D eigenvalue weighted by Gasteiger charge is 2.27. The number of carbonyl (C=O) groups is 1. The number of nitrogens with two attached hydrogens (primary N) is 1. The fraction of sp³-hybridized carbons (Fsp3) is 0.692. The van der Waals surface area contributed by atoms with Gasteiger partial charge in [-0.05, 0) is 12.3 Å².